The van der Waals surface area contributed by atoms with Crippen molar-refractivity contribution in [1.29, 1.82) is 0 Å². The minimum Gasteiger partial charge on any atom is -0.394 e. The number of nitrogens with one attached hydrogen (secondary N) is 2. The van der Waals surface area contributed by atoms with Gasteiger partial charge < -0.3 is 20.9 Å². The number of anilines is 1. The van der Waals surface area contributed by atoms with Gasteiger partial charge in [0.1, 0.15) is 23.4 Å². The second kappa shape index (κ2) is 12.0. The van der Waals surface area contributed by atoms with E-state index >= 15 is 4.39 Å². The van der Waals surface area contributed by atoms with Crippen molar-refractivity contribution in [2.24, 2.45) is 5.41 Å². The van der Waals surface area contributed by atoms with E-state index in [2.05, 4.69) is 14.8 Å². The van der Waals surface area contributed by atoms with Gasteiger partial charge in [-0.1, -0.05) is 56.1 Å². The fraction of sp³-hybridized carbons (Fsp3) is 0.481. The fourth-order valence-corrected chi connectivity index (χ4v) is 6.91. The van der Waals surface area contributed by atoms with Crippen LogP contribution in [-0.2, 0) is 29.6 Å². The second-order valence-electron chi connectivity index (χ2n) is 11.7. The Hall–Kier alpha value is -2.36. The lowest BCUT2D eigenvalue weighted by Crippen LogP contribution is -2.50. The quantitative estimate of drug-likeness (QED) is 0.255. The van der Waals surface area contributed by atoms with Gasteiger partial charge in [0.25, 0.3) is 0 Å². The van der Waals surface area contributed by atoms with Crippen molar-refractivity contribution in [3.63, 3.8) is 0 Å². The van der Waals surface area contributed by atoms with Crippen molar-refractivity contribution in [1.82, 2.24) is 10.4 Å². The molecule has 0 aliphatic carbocycles. The van der Waals surface area contributed by atoms with Crippen LogP contribution in [0.4, 0.5) is 10.1 Å². The van der Waals surface area contributed by atoms with Crippen LogP contribution in [0.2, 0.25) is 10.0 Å². The van der Waals surface area contributed by atoms with Gasteiger partial charge in [0.15, 0.2) is 0 Å². The normalized spacial score (nSPS) is 25.0. The molecular weight excluding hydrogens is 616 g/mol. The molecule has 2 amide bonds. The van der Waals surface area contributed by atoms with Crippen molar-refractivity contribution in [2.45, 2.75) is 63.1 Å². The Morgan fingerprint density at radius 1 is 1.26 bits per heavy atom. The number of hydrogen-bond acceptors (Lipinski definition) is 8. The van der Waals surface area contributed by atoms with E-state index in [9.17, 15) is 28.3 Å². The third kappa shape index (κ3) is 6.29. The fourth-order valence-electron chi connectivity index (χ4n) is 6.05. The van der Waals surface area contributed by atoms with Crippen LogP contribution in [0.3, 0.4) is 0 Å². The maximum atomic E-state index is 15.0. The summed E-state index contributed by atoms with van der Waals surface area (Å²) in [6.07, 6.45) is -1.36. The topological polar surface area (TPSA) is 165 Å². The molecule has 2 heterocycles. The minimum atomic E-state index is -4.86. The number of nitrogens with zero attached hydrogens (tertiary/aromatic N) is 1. The summed E-state index contributed by atoms with van der Waals surface area (Å²) in [5.41, 5.74) is -1.24. The van der Waals surface area contributed by atoms with Crippen molar-refractivity contribution in [2.75, 3.05) is 18.5 Å². The predicted octanol–water partition coefficient (Wildman–Crippen LogP) is 3.67. The highest BCUT2D eigenvalue weighted by atomic mass is 35.5. The number of aliphatic hydroxyl groups is 1. The molecule has 0 aromatic heterocycles. The molecule has 1 fully saturated rings. The van der Waals surface area contributed by atoms with Gasteiger partial charge >= 0.3 is 10.4 Å². The first-order valence-corrected chi connectivity index (χ1v) is 15.2. The van der Waals surface area contributed by atoms with E-state index in [1.165, 1.54) is 6.07 Å². The van der Waals surface area contributed by atoms with Gasteiger partial charge in [0.2, 0.25) is 11.8 Å². The van der Waals surface area contributed by atoms with E-state index in [4.69, 9.17) is 27.8 Å². The van der Waals surface area contributed by atoms with Gasteiger partial charge in [-0.25, -0.2) is 8.57 Å². The van der Waals surface area contributed by atoms with Gasteiger partial charge in [-0.3, -0.25) is 14.1 Å². The molecule has 2 aliphatic rings. The summed E-state index contributed by atoms with van der Waals surface area (Å²) in [6.45, 7) is 4.71. The first-order valence-electron chi connectivity index (χ1n) is 13.1. The van der Waals surface area contributed by atoms with Crippen LogP contribution < -0.4 is 10.6 Å². The predicted molar refractivity (Wildman–Crippen MR) is 152 cm³/mol. The zero-order valence-corrected chi connectivity index (χ0v) is 25.3. The van der Waals surface area contributed by atoms with Gasteiger partial charge in [-0.2, -0.15) is 13.5 Å². The van der Waals surface area contributed by atoms with Crippen LogP contribution in [0, 0.1) is 11.2 Å². The van der Waals surface area contributed by atoms with Crippen molar-refractivity contribution in [3.8, 4) is 0 Å². The molecule has 42 heavy (non-hydrogen) atoms. The van der Waals surface area contributed by atoms with Crippen LogP contribution in [0.15, 0.2) is 36.4 Å². The summed E-state index contributed by atoms with van der Waals surface area (Å²) in [5.74, 6) is -3.16. The third-order valence-corrected chi connectivity index (χ3v) is 8.62. The average Bonchev–Trinajstić information content (AvgIpc) is 3.28. The van der Waals surface area contributed by atoms with E-state index in [-0.39, 0.29) is 35.7 Å². The van der Waals surface area contributed by atoms with Gasteiger partial charge in [-0.15, -0.1) is 0 Å². The molecule has 5 unspecified atom stereocenters. The summed E-state index contributed by atoms with van der Waals surface area (Å²) in [6, 6.07) is 6.49. The molecule has 5 N–H and O–H groups in total. The minimum absolute atomic E-state index is 0.205. The summed E-state index contributed by atoms with van der Waals surface area (Å²) < 4.78 is 50.4. The maximum Gasteiger partial charge on any atom is 0.397 e. The van der Waals surface area contributed by atoms with Crippen molar-refractivity contribution >= 4 is 51.1 Å². The molecule has 5 atom stereocenters. The Morgan fingerprint density at radius 2 is 1.95 bits per heavy atom. The van der Waals surface area contributed by atoms with Crippen LogP contribution >= 0.6 is 23.2 Å². The Kier molecular flexibility index (Phi) is 9.27. The highest BCUT2D eigenvalue weighted by molar-refractivity contribution is 7.80. The van der Waals surface area contributed by atoms with Crippen LogP contribution in [-0.4, -0.2) is 71.5 Å². The first kappa shape index (κ1) is 32.6. The Balaban J connectivity index is 1.84. The van der Waals surface area contributed by atoms with Crippen LogP contribution in [0.5, 0.6) is 0 Å². The molecule has 11 nitrogen and oxygen atoms in total. The highest BCUT2D eigenvalue weighted by Gasteiger charge is 2.69. The number of aliphatic hydroxyl groups excluding tert-OH is 1. The third-order valence-electron chi connectivity index (χ3n) is 7.58. The lowest BCUT2D eigenvalue weighted by molar-refractivity contribution is -0.164. The Labute approximate surface area is 252 Å². The van der Waals surface area contributed by atoms with Crippen molar-refractivity contribution in [3.05, 3.63) is 63.4 Å². The summed E-state index contributed by atoms with van der Waals surface area (Å²) in [4.78, 5) is 28.0. The molecular formula is C27H32Cl2FN3O8S. The van der Waals surface area contributed by atoms with Gasteiger partial charge in [-0.05, 0) is 53.6 Å². The smallest absolute Gasteiger partial charge is 0.394 e. The van der Waals surface area contributed by atoms with E-state index in [0.717, 1.165) is 11.1 Å². The Bertz CT molecular complexity index is 1490. The highest BCUT2D eigenvalue weighted by Crippen LogP contribution is 2.59. The number of carbonyl (C=O) groups excluding carboxylic acids is 2. The monoisotopic (exact) mass is 647 g/mol. The largest absolute Gasteiger partial charge is 0.397 e. The van der Waals surface area contributed by atoms with E-state index in [0.29, 0.717) is 10.6 Å². The number of fused-ring (bicyclic) bond motifs is 2. The number of halogens is 3. The van der Waals surface area contributed by atoms with E-state index in [1.54, 1.807) is 24.3 Å². The number of hydroxylamine groups is 2. The van der Waals surface area contributed by atoms with Crippen LogP contribution in [0.25, 0.3) is 0 Å². The lowest BCUT2D eigenvalue weighted by atomic mass is 9.62. The van der Waals surface area contributed by atoms with E-state index in [1.807, 2.05) is 20.8 Å². The molecule has 2 aromatic carbocycles. The Morgan fingerprint density at radius 3 is 2.55 bits per heavy atom. The number of rotatable bonds is 9. The van der Waals surface area contributed by atoms with E-state index < -0.39 is 69.6 Å². The molecule has 0 saturated carbocycles. The van der Waals surface area contributed by atoms with Crippen molar-refractivity contribution < 1.29 is 41.4 Å². The molecule has 230 valence electrons. The standard InChI is InChI=1S/C27H32Cl2FN3O8S/c1-26(2,3)12-21-27(17-10-19(30)18(29)11-20(17)32-25(27)36)22(14-5-4-6-15(28)9-14)23(33(21)37)24(35)31-8-7-16(13-34)41-42(38,39)40/h4-6,9-11,16,21-23,34,37H,7-8,12-13H2,1-3H3,(H,31,35)(H,32,36)(H,38,39,40). The maximum absolute atomic E-state index is 15.0. The molecule has 4 rings (SSSR count). The van der Waals surface area contributed by atoms with Gasteiger partial charge in [0.05, 0.1) is 17.7 Å². The lowest BCUT2D eigenvalue weighted by Gasteiger charge is -2.38. The van der Waals surface area contributed by atoms with Gasteiger partial charge in [0, 0.05) is 23.2 Å². The SMILES string of the molecule is CC(C)(C)CC1N(O)C(C(=O)NCCC(CO)OS(=O)(=O)O)C(c2cccc(Cl)c2)C12C(=O)Nc1cc(Cl)c(F)cc12. The number of benzene rings is 2. The molecule has 0 bridgehead atoms. The zero-order chi connectivity index (χ0) is 31.2. The molecule has 2 aromatic rings. The second-order valence-corrected chi connectivity index (χ2v) is 13.6. The van der Waals surface area contributed by atoms with Crippen LogP contribution in [0.1, 0.15) is 50.7 Å². The molecule has 15 heteroatoms. The summed E-state index contributed by atoms with van der Waals surface area (Å²) in [5, 5.41) is 27.5. The summed E-state index contributed by atoms with van der Waals surface area (Å²) >= 11 is 12.4. The number of carbonyl (C=O) groups is 2. The average molecular weight is 649 g/mol. The number of amides is 2. The summed E-state index contributed by atoms with van der Waals surface area (Å²) in [7, 11) is -4.86. The molecule has 1 saturated heterocycles. The zero-order valence-electron chi connectivity index (χ0n) is 23.0. The first-order chi connectivity index (χ1) is 19.5. The molecule has 1 spiro atoms. The number of hydrogen-bond donors (Lipinski definition) is 5. The molecule has 0 radical (unpaired) electrons. The molecule has 2 aliphatic heterocycles.